The van der Waals surface area contributed by atoms with Crippen LogP contribution in [-0.4, -0.2) is 20.4 Å². The minimum atomic E-state index is -0.445. The van der Waals surface area contributed by atoms with Gasteiger partial charge in [-0.15, -0.1) is 0 Å². The number of aromatic hydroxyl groups is 2. The van der Waals surface area contributed by atoms with E-state index in [1.807, 2.05) is 12.1 Å². The highest BCUT2D eigenvalue weighted by molar-refractivity contribution is 5.51. The summed E-state index contributed by atoms with van der Waals surface area (Å²) in [6.07, 6.45) is 8.76. The maximum Gasteiger partial charge on any atom is 0.123 e. The molecule has 4 nitrogen and oxygen atoms in total. The van der Waals surface area contributed by atoms with Gasteiger partial charge in [-0.05, 0) is 54.5 Å². The molecule has 0 aromatic heterocycles. The monoisotopic (exact) mass is 406 g/mol. The number of benzene rings is 2. The lowest BCUT2D eigenvalue weighted by molar-refractivity contribution is 0.398. The van der Waals surface area contributed by atoms with Crippen molar-refractivity contribution in [2.75, 3.05) is 0 Å². The largest absolute Gasteiger partial charge is 0.508 e. The van der Waals surface area contributed by atoms with Crippen molar-refractivity contribution in [2.45, 2.75) is 50.9 Å². The van der Waals surface area contributed by atoms with Crippen LogP contribution in [-0.2, 0) is 0 Å². The molecule has 2 aromatic carbocycles. The minimum absolute atomic E-state index is 0.0299. The maximum absolute atomic E-state index is 10.6. The highest BCUT2D eigenvalue weighted by Crippen LogP contribution is 2.40. The number of aliphatic hydroxyl groups is 2. The Labute approximate surface area is 178 Å². The van der Waals surface area contributed by atoms with Crippen LogP contribution in [0.3, 0.4) is 0 Å². The Morgan fingerprint density at radius 1 is 1.00 bits per heavy atom. The SMILES string of the molecule is C=C/C(O)=C\C(O)=C(/C)C(c1ccc(C2CCCCC2)cc1)c1ccc(O)cc1O. The zero-order chi connectivity index (χ0) is 21.7. The van der Waals surface area contributed by atoms with Crippen molar-refractivity contribution in [3.05, 3.63) is 95.0 Å². The molecule has 1 aliphatic rings. The van der Waals surface area contributed by atoms with Gasteiger partial charge in [0.15, 0.2) is 0 Å². The van der Waals surface area contributed by atoms with E-state index in [2.05, 4.69) is 18.7 Å². The molecule has 1 aliphatic carbocycles. The smallest absolute Gasteiger partial charge is 0.123 e. The van der Waals surface area contributed by atoms with Crippen molar-refractivity contribution in [3.63, 3.8) is 0 Å². The zero-order valence-electron chi connectivity index (χ0n) is 17.4. The van der Waals surface area contributed by atoms with E-state index >= 15 is 0 Å². The van der Waals surface area contributed by atoms with Crippen molar-refractivity contribution in [1.82, 2.24) is 0 Å². The van der Waals surface area contributed by atoms with Gasteiger partial charge in [0.25, 0.3) is 0 Å². The predicted molar refractivity (Wildman–Crippen MR) is 120 cm³/mol. The van der Waals surface area contributed by atoms with Gasteiger partial charge in [0, 0.05) is 23.6 Å². The van der Waals surface area contributed by atoms with Crippen LogP contribution in [0, 0.1) is 0 Å². The summed E-state index contributed by atoms with van der Waals surface area (Å²) in [5.74, 6) is -0.182. The first-order valence-corrected chi connectivity index (χ1v) is 10.4. The van der Waals surface area contributed by atoms with E-state index in [-0.39, 0.29) is 23.0 Å². The van der Waals surface area contributed by atoms with E-state index < -0.39 is 5.92 Å². The van der Waals surface area contributed by atoms with Gasteiger partial charge in [-0.2, -0.15) is 0 Å². The molecule has 0 amide bonds. The van der Waals surface area contributed by atoms with Crippen molar-refractivity contribution in [2.24, 2.45) is 0 Å². The fourth-order valence-corrected chi connectivity index (χ4v) is 4.30. The van der Waals surface area contributed by atoms with Crippen molar-refractivity contribution >= 4 is 0 Å². The molecule has 0 radical (unpaired) electrons. The Morgan fingerprint density at radius 2 is 1.67 bits per heavy atom. The first-order chi connectivity index (χ1) is 14.4. The maximum atomic E-state index is 10.6. The lowest BCUT2D eigenvalue weighted by Crippen LogP contribution is -2.08. The van der Waals surface area contributed by atoms with Crippen molar-refractivity contribution < 1.29 is 20.4 Å². The van der Waals surface area contributed by atoms with E-state index in [1.54, 1.807) is 13.0 Å². The van der Waals surface area contributed by atoms with Crippen LogP contribution in [0.2, 0.25) is 0 Å². The molecule has 4 N–H and O–H groups in total. The topological polar surface area (TPSA) is 80.9 Å². The molecule has 0 bridgehead atoms. The summed E-state index contributed by atoms with van der Waals surface area (Å²) in [5, 5.41) is 40.5. The normalized spacial score (nSPS) is 17.3. The number of phenolic OH excluding ortho intramolecular Hbond substituents is 2. The van der Waals surface area contributed by atoms with Gasteiger partial charge in [-0.1, -0.05) is 56.2 Å². The molecule has 30 heavy (non-hydrogen) atoms. The van der Waals surface area contributed by atoms with Gasteiger partial charge in [-0.3, -0.25) is 0 Å². The summed E-state index contributed by atoms with van der Waals surface area (Å²) >= 11 is 0. The molecule has 2 aromatic rings. The van der Waals surface area contributed by atoms with Crippen LogP contribution >= 0.6 is 0 Å². The van der Waals surface area contributed by atoms with Crippen LogP contribution < -0.4 is 0 Å². The van der Waals surface area contributed by atoms with Crippen LogP contribution in [0.5, 0.6) is 11.5 Å². The average Bonchev–Trinajstić information content (AvgIpc) is 2.76. The summed E-state index contributed by atoms with van der Waals surface area (Å²) in [5.41, 5.74) is 3.36. The van der Waals surface area contributed by atoms with E-state index in [0.29, 0.717) is 17.1 Å². The molecule has 1 atom stereocenters. The quantitative estimate of drug-likeness (QED) is 0.316. The van der Waals surface area contributed by atoms with Gasteiger partial charge < -0.3 is 20.4 Å². The van der Waals surface area contributed by atoms with Crippen LogP contribution in [0.25, 0.3) is 0 Å². The Kier molecular flexibility index (Phi) is 6.88. The highest BCUT2D eigenvalue weighted by atomic mass is 16.3. The van der Waals surface area contributed by atoms with Gasteiger partial charge in [0.2, 0.25) is 0 Å². The molecule has 3 rings (SSSR count). The minimum Gasteiger partial charge on any atom is -0.508 e. The highest BCUT2D eigenvalue weighted by Gasteiger charge is 2.23. The van der Waals surface area contributed by atoms with Gasteiger partial charge in [0.1, 0.15) is 23.0 Å². The molecular weight excluding hydrogens is 376 g/mol. The summed E-state index contributed by atoms with van der Waals surface area (Å²) in [6.45, 7) is 5.25. The van der Waals surface area contributed by atoms with Gasteiger partial charge >= 0.3 is 0 Å². The summed E-state index contributed by atoms with van der Waals surface area (Å²) in [4.78, 5) is 0. The molecule has 0 heterocycles. The van der Waals surface area contributed by atoms with E-state index in [0.717, 1.165) is 5.56 Å². The third-order valence-electron chi connectivity index (χ3n) is 6.00. The summed E-state index contributed by atoms with van der Waals surface area (Å²) in [6, 6.07) is 12.8. The van der Waals surface area contributed by atoms with Crippen molar-refractivity contribution in [1.29, 1.82) is 0 Å². The fourth-order valence-electron chi connectivity index (χ4n) is 4.30. The molecular formula is C26H30O4. The first kappa shape index (κ1) is 21.6. The summed E-state index contributed by atoms with van der Waals surface area (Å²) in [7, 11) is 0. The van der Waals surface area contributed by atoms with Crippen LogP contribution in [0.15, 0.2) is 78.3 Å². The first-order valence-electron chi connectivity index (χ1n) is 10.4. The molecule has 4 heteroatoms. The fraction of sp³-hybridized carbons (Fsp3) is 0.308. The molecule has 0 aliphatic heterocycles. The molecule has 1 saturated carbocycles. The number of allylic oxidation sites excluding steroid dienone is 3. The molecule has 158 valence electrons. The predicted octanol–water partition coefficient (Wildman–Crippen LogP) is 6.74. The lowest BCUT2D eigenvalue weighted by atomic mass is 9.81. The van der Waals surface area contributed by atoms with Crippen molar-refractivity contribution in [3.8, 4) is 11.5 Å². The Bertz CT molecular complexity index is 947. The number of aliphatic hydroxyl groups excluding tert-OH is 2. The average molecular weight is 407 g/mol. The zero-order valence-corrected chi connectivity index (χ0v) is 17.4. The number of rotatable bonds is 6. The molecule has 1 unspecified atom stereocenters. The number of phenols is 2. The Balaban J connectivity index is 2.05. The molecule has 0 saturated heterocycles. The van der Waals surface area contributed by atoms with Crippen LogP contribution in [0.4, 0.5) is 0 Å². The van der Waals surface area contributed by atoms with E-state index in [1.165, 1.54) is 62.0 Å². The second-order valence-corrected chi connectivity index (χ2v) is 8.02. The van der Waals surface area contributed by atoms with Gasteiger partial charge in [-0.25, -0.2) is 0 Å². The number of hydrogen-bond acceptors (Lipinski definition) is 4. The van der Waals surface area contributed by atoms with E-state index in [9.17, 15) is 20.4 Å². The van der Waals surface area contributed by atoms with Gasteiger partial charge in [0.05, 0.1) is 0 Å². The second kappa shape index (κ2) is 9.57. The Hall–Kier alpha value is -3.14. The third kappa shape index (κ3) is 4.88. The molecule has 0 spiro atoms. The number of hydrogen-bond donors (Lipinski definition) is 4. The summed E-state index contributed by atoms with van der Waals surface area (Å²) < 4.78 is 0. The van der Waals surface area contributed by atoms with Crippen LogP contribution in [0.1, 0.15) is 67.6 Å². The standard InChI is InChI=1S/C26H30O4/c1-3-21(27)15-24(29)17(2)26(23-14-13-22(28)16-25(23)30)20-11-9-19(10-12-20)18-7-5-4-6-8-18/h3,9-16,18,26-30H,1,4-8H2,2H3/b21-15+,24-17-. The lowest BCUT2D eigenvalue weighted by Gasteiger charge is -2.24. The Morgan fingerprint density at radius 3 is 2.27 bits per heavy atom. The van der Waals surface area contributed by atoms with E-state index in [4.69, 9.17) is 0 Å². The third-order valence-corrected chi connectivity index (χ3v) is 6.00. The molecule has 1 fully saturated rings. The second-order valence-electron chi connectivity index (χ2n) is 8.02.